The van der Waals surface area contributed by atoms with Crippen LogP contribution >= 0.6 is 0 Å². The molecule has 3 nitrogen and oxygen atoms in total. The van der Waals surface area contributed by atoms with Crippen molar-refractivity contribution in [2.24, 2.45) is 0 Å². The Morgan fingerprint density at radius 1 is 0.964 bits per heavy atom. The Kier molecular flexibility index (Phi) is 6.56. The third kappa shape index (κ3) is 4.83. The van der Waals surface area contributed by atoms with Gasteiger partial charge in [-0.25, -0.2) is 0 Å². The first-order valence-corrected chi connectivity index (χ1v) is 10.2. The minimum atomic E-state index is -0.759. The van der Waals surface area contributed by atoms with E-state index in [9.17, 15) is 4.79 Å². The molecule has 0 amide bonds. The van der Waals surface area contributed by atoms with Gasteiger partial charge in [-0.3, -0.25) is 4.79 Å². The summed E-state index contributed by atoms with van der Waals surface area (Å²) in [6, 6.07) is 12.8. The highest BCUT2D eigenvalue weighted by Crippen LogP contribution is 2.33. The monoisotopic (exact) mass is 378 g/mol. The van der Waals surface area contributed by atoms with E-state index in [0.29, 0.717) is 13.0 Å². The van der Waals surface area contributed by atoms with Crippen molar-refractivity contribution >= 4 is 11.5 Å². The Bertz CT molecular complexity index is 875. The lowest BCUT2D eigenvalue weighted by Gasteiger charge is -2.22. The van der Waals surface area contributed by atoms with E-state index in [0.717, 1.165) is 35.3 Å². The molecule has 1 N–H and O–H groups in total. The lowest BCUT2D eigenvalue weighted by atomic mass is 9.87. The van der Waals surface area contributed by atoms with Gasteiger partial charge in [0.05, 0.1) is 0 Å². The number of hydrogen-bond acceptors (Lipinski definition) is 2. The SMILES string of the molecule is Cc1ccc(C2=C(COc3ccc(CCC(=O)O)c(C)c3C)CCCC2)cc1. The normalized spacial score (nSPS) is 14.2. The van der Waals surface area contributed by atoms with E-state index in [4.69, 9.17) is 9.84 Å². The summed E-state index contributed by atoms with van der Waals surface area (Å²) in [7, 11) is 0. The molecule has 0 spiro atoms. The van der Waals surface area contributed by atoms with Gasteiger partial charge in [-0.2, -0.15) is 0 Å². The van der Waals surface area contributed by atoms with Gasteiger partial charge in [-0.1, -0.05) is 35.9 Å². The fourth-order valence-electron chi connectivity index (χ4n) is 3.92. The van der Waals surface area contributed by atoms with Crippen molar-refractivity contribution < 1.29 is 14.6 Å². The minimum Gasteiger partial charge on any atom is -0.489 e. The second-order valence-corrected chi connectivity index (χ2v) is 7.81. The molecule has 0 heterocycles. The zero-order valence-corrected chi connectivity index (χ0v) is 17.2. The highest BCUT2D eigenvalue weighted by Gasteiger charge is 2.16. The summed E-state index contributed by atoms with van der Waals surface area (Å²) in [6.45, 7) is 6.86. The first-order valence-electron chi connectivity index (χ1n) is 10.2. The van der Waals surface area contributed by atoms with Gasteiger partial charge >= 0.3 is 5.97 Å². The lowest BCUT2D eigenvalue weighted by Crippen LogP contribution is -2.09. The van der Waals surface area contributed by atoms with E-state index in [1.165, 1.54) is 35.1 Å². The maximum atomic E-state index is 10.8. The Balaban J connectivity index is 1.77. The average Bonchev–Trinajstić information content (AvgIpc) is 2.69. The van der Waals surface area contributed by atoms with Crippen molar-refractivity contribution in [1.82, 2.24) is 0 Å². The number of allylic oxidation sites excluding steroid dienone is 1. The quantitative estimate of drug-likeness (QED) is 0.639. The largest absolute Gasteiger partial charge is 0.489 e. The summed E-state index contributed by atoms with van der Waals surface area (Å²) in [6.07, 6.45) is 5.40. The second-order valence-electron chi connectivity index (χ2n) is 7.81. The molecule has 0 saturated heterocycles. The number of carboxylic acids is 1. The third-order valence-corrected chi connectivity index (χ3v) is 5.84. The predicted molar refractivity (Wildman–Crippen MR) is 114 cm³/mol. The minimum absolute atomic E-state index is 0.160. The number of benzene rings is 2. The fourth-order valence-corrected chi connectivity index (χ4v) is 3.92. The molecule has 2 aromatic rings. The highest BCUT2D eigenvalue weighted by atomic mass is 16.5. The molecule has 0 radical (unpaired) electrons. The topological polar surface area (TPSA) is 46.5 Å². The van der Waals surface area contributed by atoms with Crippen LogP contribution in [0.5, 0.6) is 5.75 Å². The van der Waals surface area contributed by atoms with Crippen molar-refractivity contribution in [2.45, 2.75) is 59.3 Å². The first kappa shape index (κ1) is 20.2. The molecular formula is C25H30O3. The third-order valence-electron chi connectivity index (χ3n) is 5.84. The van der Waals surface area contributed by atoms with Crippen molar-refractivity contribution in [3.63, 3.8) is 0 Å². The molecule has 0 saturated carbocycles. The van der Waals surface area contributed by atoms with Crippen LogP contribution in [0.4, 0.5) is 0 Å². The Morgan fingerprint density at radius 3 is 2.39 bits per heavy atom. The molecule has 0 fully saturated rings. The molecule has 2 aromatic carbocycles. The van der Waals surface area contributed by atoms with Crippen molar-refractivity contribution in [2.75, 3.05) is 6.61 Å². The van der Waals surface area contributed by atoms with Crippen LogP contribution in [0.15, 0.2) is 42.0 Å². The molecule has 0 aromatic heterocycles. The van der Waals surface area contributed by atoms with Gasteiger partial charge in [0, 0.05) is 6.42 Å². The zero-order valence-electron chi connectivity index (χ0n) is 17.2. The number of aryl methyl sites for hydroxylation is 2. The van der Waals surface area contributed by atoms with Crippen molar-refractivity contribution in [3.8, 4) is 5.75 Å². The molecule has 0 atom stereocenters. The van der Waals surface area contributed by atoms with E-state index >= 15 is 0 Å². The van der Waals surface area contributed by atoms with Gasteiger partial charge in [0.2, 0.25) is 0 Å². The molecule has 0 aliphatic heterocycles. The number of rotatable bonds is 7. The number of ether oxygens (including phenoxy) is 1. The molecule has 3 rings (SSSR count). The second kappa shape index (κ2) is 9.09. The average molecular weight is 379 g/mol. The Labute approximate surface area is 168 Å². The fraction of sp³-hybridized carbons (Fsp3) is 0.400. The Hall–Kier alpha value is -2.55. The zero-order chi connectivity index (χ0) is 20.1. The summed E-state index contributed by atoms with van der Waals surface area (Å²) < 4.78 is 6.24. The maximum Gasteiger partial charge on any atom is 0.303 e. The molecule has 28 heavy (non-hydrogen) atoms. The van der Waals surface area contributed by atoms with E-state index in [1.54, 1.807) is 0 Å². The van der Waals surface area contributed by atoms with Crippen LogP contribution in [0, 0.1) is 20.8 Å². The molecular weight excluding hydrogens is 348 g/mol. The molecule has 1 aliphatic carbocycles. The van der Waals surface area contributed by atoms with Crippen LogP contribution in [0.25, 0.3) is 5.57 Å². The smallest absolute Gasteiger partial charge is 0.303 e. The van der Waals surface area contributed by atoms with Crippen LogP contribution in [0.1, 0.15) is 59.9 Å². The van der Waals surface area contributed by atoms with Gasteiger partial charge in [0.15, 0.2) is 0 Å². The van der Waals surface area contributed by atoms with E-state index in [1.807, 2.05) is 12.1 Å². The van der Waals surface area contributed by atoms with Crippen molar-refractivity contribution in [3.05, 3.63) is 69.8 Å². The summed E-state index contributed by atoms with van der Waals surface area (Å²) in [5.74, 6) is 0.142. The highest BCUT2D eigenvalue weighted by molar-refractivity contribution is 5.70. The van der Waals surface area contributed by atoms with Crippen molar-refractivity contribution in [1.29, 1.82) is 0 Å². The lowest BCUT2D eigenvalue weighted by molar-refractivity contribution is -0.136. The van der Waals surface area contributed by atoms with Crippen LogP contribution in [0.3, 0.4) is 0 Å². The van der Waals surface area contributed by atoms with Gasteiger partial charge in [0.25, 0.3) is 0 Å². The van der Waals surface area contributed by atoms with E-state index in [-0.39, 0.29) is 6.42 Å². The molecule has 1 aliphatic rings. The predicted octanol–water partition coefficient (Wildman–Crippen LogP) is 6.04. The summed E-state index contributed by atoms with van der Waals surface area (Å²) >= 11 is 0. The molecule has 0 unspecified atom stereocenters. The molecule has 3 heteroatoms. The van der Waals surface area contributed by atoms with E-state index in [2.05, 4.69) is 45.0 Å². The van der Waals surface area contributed by atoms with Gasteiger partial charge in [-0.05, 0) is 92.3 Å². The maximum absolute atomic E-state index is 10.8. The summed E-state index contributed by atoms with van der Waals surface area (Å²) in [5.41, 5.74) is 8.78. The Morgan fingerprint density at radius 2 is 1.68 bits per heavy atom. The number of carboxylic acid groups (broad SMARTS) is 1. The van der Waals surface area contributed by atoms with Crippen LogP contribution in [-0.2, 0) is 11.2 Å². The van der Waals surface area contributed by atoms with Gasteiger partial charge in [-0.15, -0.1) is 0 Å². The summed E-state index contributed by atoms with van der Waals surface area (Å²) in [5, 5.41) is 8.92. The summed E-state index contributed by atoms with van der Waals surface area (Å²) in [4.78, 5) is 10.8. The molecule has 148 valence electrons. The first-order chi connectivity index (χ1) is 13.5. The van der Waals surface area contributed by atoms with Crippen LogP contribution < -0.4 is 4.74 Å². The number of hydrogen-bond donors (Lipinski definition) is 1. The van der Waals surface area contributed by atoms with Gasteiger partial charge in [0.1, 0.15) is 12.4 Å². The molecule has 0 bridgehead atoms. The van der Waals surface area contributed by atoms with Crippen LogP contribution in [0.2, 0.25) is 0 Å². The number of aliphatic carboxylic acids is 1. The van der Waals surface area contributed by atoms with E-state index < -0.39 is 5.97 Å². The number of carbonyl (C=O) groups is 1. The standard InChI is InChI=1S/C25H30O3/c1-17-8-10-21(11-9-17)23-7-5-4-6-22(23)16-28-24-14-12-20(13-15-25(26)27)18(2)19(24)3/h8-12,14H,4-7,13,15-16H2,1-3H3,(H,26,27). The van der Waals surface area contributed by atoms with Gasteiger partial charge < -0.3 is 9.84 Å². The van der Waals surface area contributed by atoms with Crippen LogP contribution in [-0.4, -0.2) is 17.7 Å².